The van der Waals surface area contributed by atoms with Gasteiger partial charge in [0.1, 0.15) is 0 Å². The molecule has 1 saturated heterocycles. The Balaban J connectivity index is 2.34. The van der Waals surface area contributed by atoms with Crippen molar-refractivity contribution in [3.63, 3.8) is 0 Å². The molecule has 1 aliphatic rings. The zero-order valence-electron chi connectivity index (χ0n) is 10.1. The van der Waals surface area contributed by atoms with Gasteiger partial charge in [-0.3, -0.25) is 9.59 Å². The van der Waals surface area contributed by atoms with Crippen LogP contribution in [-0.2, 0) is 9.59 Å². The van der Waals surface area contributed by atoms with Crippen LogP contribution >= 0.6 is 0 Å². The molecule has 2 amide bonds. The fourth-order valence-corrected chi connectivity index (χ4v) is 1.57. The lowest BCUT2D eigenvalue weighted by atomic mass is 9.93. The summed E-state index contributed by atoms with van der Waals surface area (Å²) in [5.41, 5.74) is 4.87. The molecular weight excluding hydrogens is 206 g/mol. The first-order chi connectivity index (χ1) is 7.47. The van der Waals surface area contributed by atoms with Gasteiger partial charge >= 0.3 is 0 Å². The fraction of sp³-hybridized carbons (Fsp3) is 0.818. The maximum Gasteiger partial charge on any atom is 0.241 e. The SMILES string of the molecule is CC(C)(CN)C(=O)NCC(=O)N1CCCC1. The molecule has 1 rings (SSSR count). The van der Waals surface area contributed by atoms with Gasteiger partial charge < -0.3 is 16.0 Å². The van der Waals surface area contributed by atoms with Crippen molar-refractivity contribution in [3.05, 3.63) is 0 Å². The maximum atomic E-state index is 11.7. The molecule has 1 fully saturated rings. The Morgan fingerprint density at radius 2 is 1.88 bits per heavy atom. The van der Waals surface area contributed by atoms with Gasteiger partial charge in [0.15, 0.2) is 0 Å². The van der Waals surface area contributed by atoms with Crippen LogP contribution in [0, 0.1) is 5.41 Å². The molecule has 0 bridgehead atoms. The molecule has 0 spiro atoms. The van der Waals surface area contributed by atoms with Crippen LogP contribution in [0.5, 0.6) is 0 Å². The molecule has 1 aliphatic heterocycles. The van der Waals surface area contributed by atoms with Crippen molar-refractivity contribution in [2.75, 3.05) is 26.2 Å². The Morgan fingerprint density at radius 3 is 2.38 bits per heavy atom. The molecule has 16 heavy (non-hydrogen) atoms. The first-order valence-corrected chi connectivity index (χ1v) is 5.73. The van der Waals surface area contributed by atoms with Gasteiger partial charge in [0, 0.05) is 19.6 Å². The van der Waals surface area contributed by atoms with Crippen molar-refractivity contribution in [1.82, 2.24) is 10.2 Å². The smallest absolute Gasteiger partial charge is 0.241 e. The van der Waals surface area contributed by atoms with E-state index < -0.39 is 5.41 Å². The predicted octanol–water partition coefficient (Wildman–Crippen LogP) is -0.290. The lowest BCUT2D eigenvalue weighted by Gasteiger charge is -2.22. The molecule has 0 radical (unpaired) electrons. The summed E-state index contributed by atoms with van der Waals surface area (Å²) in [5, 5.41) is 2.64. The minimum atomic E-state index is -0.606. The van der Waals surface area contributed by atoms with Gasteiger partial charge in [-0.1, -0.05) is 0 Å². The first-order valence-electron chi connectivity index (χ1n) is 5.73. The summed E-state index contributed by atoms with van der Waals surface area (Å²) in [7, 11) is 0. The van der Waals surface area contributed by atoms with Gasteiger partial charge in [-0.15, -0.1) is 0 Å². The van der Waals surface area contributed by atoms with E-state index in [1.807, 2.05) is 0 Å². The van der Waals surface area contributed by atoms with Gasteiger partial charge in [0.25, 0.3) is 0 Å². The van der Waals surface area contributed by atoms with Gasteiger partial charge in [-0.2, -0.15) is 0 Å². The van der Waals surface area contributed by atoms with Crippen LogP contribution in [0.15, 0.2) is 0 Å². The van der Waals surface area contributed by atoms with Crippen LogP contribution in [0.4, 0.5) is 0 Å². The van der Waals surface area contributed by atoms with Crippen molar-refractivity contribution in [3.8, 4) is 0 Å². The van der Waals surface area contributed by atoms with Crippen LogP contribution < -0.4 is 11.1 Å². The molecule has 0 saturated carbocycles. The topological polar surface area (TPSA) is 75.4 Å². The minimum absolute atomic E-state index is 0.00123. The molecule has 0 aliphatic carbocycles. The van der Waals surface area contributed by atoms with Crippen LogP contribution in [0.3, 0.4) is 0 Å². The van der Waals surface area contributed by atoms with E-state index in [1.165, 1.54) is 0 Å². The molecule has 0 aromatic heterocycles. The third-order valence-electron chi connectivity index (χ3n) is 2.98. The Hall–Kier alpha value is -1.10. The molecule has 92 valence electrons. The second-order valence-electron chi connectivity index (χ2n) is 4.86. The highest BCUT2D eigenvalue weighted by atomic mass is 16.2. The number of nitrogens with zero attached hydrogens (tertiary/aromatic N) is 1. The van der Waals surface area contributed by atoms with E-state index in [0.717, 1.165) is 25.9 Å². The van der Waals surface area contributed by atoms with Crippen molar-refractivity contribution in [2.24, 2.45) is 11.1 Å². The number of nitrogens with one attached hydrogen (secondary N) is 1. The number of amides is 2. The molecule has 0 unspecified atom stereocenters. The van der Waals surface area contributed by atoms with E-state index in [0.29, 0.717) is 0 Å². The van der Waals surface area contributed by atoms with E-state index in [-0.39, 0.29) is 24.9 Å². The number of hydrogen-bond donors (Lipinski definition) is 2. The molecular formula is C11H21N3O2. The monoisotopic (exact) mass is 227 g/mol. The number of carbonyl (C=O) groups is 2. The van der Waals surface area contributed by atoms with Crippen LogP contribution in [0.1, 0.15) is 26.7 Å². The summed E-state index contributed by atoms with van der Waals surface area (Å²) in [5.74, 6) is -0.166. The Kier molecular flexibility index (Phi) is 4.29. The van der Waals surface area contributed by atoms with Gasteiger partial charge in [-0.25, -0.2) is 0 Å². The van der Waals surface area contributed by atoms with Gasteiger partial charge in [0.05, 0.1) is 12.0 Å². The minimum Gasteiger partial charge on any atom is -0.347 e. The molecule has 1 heterocycles. The Labute approximate surface area is 96.4 Å². The molecule has 3 N–H and O–H groups in total. The summed E-state index contributed by atoms with van der Waals surface area (Å²) in [6.45, 7) is 5.52. The van der Waals surface area contributed by atoms with Crippen molar-refractivity contribution < 1.29 is 9.59 Å². The van der Waals surface area contributed by atoms with Crippen molar-refractivity contribution >= 4 is 11.8 Å². The lowest BCUT2D eigenvalue weighted by molar-refractivity contribution is -0.134. The summed E-state index contributed by atoms with van der Waals surface area (Å²) in [6, 6.07) is 0. The molecule has 5 nitrogen and oxygen atoms in total. The average Bonchev–Trinajstić information content (AvgIpc) is 2.78. The summed E-state index contributed by atoms with van der Waals surface area (Å²) in [4.78, 5) is 25.1. The van der Waals surface area contributed by atoms with Crippen LogP contribution in [-0.4, -0.2) is 42.9 Å². The largest absolute Gasteiger partial charge is 0.347 e. The van der Waals surface area contributed by atoms with Crippen molar-refractivity contribution in [2.45, 2.75) is 26.7 Å². The third-order valence-corrected chi connectivity index (χ3v) is 2.98. The zero-order valence-corrected chi connectivity index (χ0v) is 10.1. The predicted molar refractivity (Wildman–Crippen MR) is 61.7 cm³/mol. The summed E-state index contributed by atoms with van der Waals surface area (Å²) in [6.07, 6.45) is 2.13. The summed E-state index contributed by atoms with van der Waals surface area (Å²) < 4.78 is 0. The number of hydrogen-bond acceptors (Lipinski definition) is 3. The molecule has 0 atom stereocenters. The van der Waals surface area contributed by atoms with Crippen LogP contribution in [0.2, 0.25) is 0 Å². The number of rotatable bonds is 4. The van der Waals surface area contributed by atoms with E-state index >= 15 is 0 Å². The van der Waals surface area contributed by atoms with E-state index in [9.17, 15) is 9.59 Å². The van der Waals surface area contributed by atoms with Crippen molar-refractivity contribution in [1.29, 1.82) is 0 Å². The zero-order chi connectivity index (χ0) is 12.2. The highest BCUT2D eigenvalue weighted by Crippen LogP contribution is 2.12. The number of carbonyl (C=O) groups excluding carboxylic acids is 2. The highest BCUT2D eigenvalue weighted by molar-refractivity contribution is 5.87. The Bertz CT molecular complexity index is 270. The standard InChI is InChI=1S/C11H21N3O2/c1-11(2,8-12)10(16)13-7-9(15)14-5-3-4-6-14/h3-8,12H2,1-2H3,(H,13,16). The quantitative estimate of drug-likeness (QED) is 0.693. The summed E-state index contributed by atoms with van der Waals surface area (Å²) >= 11 is 0. The highest BCUT2D eigenvalue weighted by Gasteiger charge is 2.26. The first kappa shape index (κ1) is 13.0. The average molecular weight is 227 g/mol. The van der Waals surface area contributed by atoms with E-state index in [1.54, 1.807) is 18.7 Å². The van der Waals surface area contributed by atoms with E-state index in [4.69, 9.17) is 5.73 Å². The molecule has 5 heteroatoms. The fourth-order valence-electron chi connectivity index (χ4n) is 1.57. The second kappa shape index (κ2) is 5.30. The van der Waals surface area contributed by atoms with E-state index in [2.05, 4.69) is 5.32 Å². The normalized spacial score (nSPS) is 16.3. The Morgan fingerprint density at radius 1 is 1.31 bits per heavy atom. The molecule has 0 aromatic carbocycles. The third kappa shape index (κ3) is 3.20. The molecule has 0 aromatic rings. The van der Waals surface area contributed by atoms with Gasteiger partial charge in [0.2, 0.25) is 11.8 Å². The van der Waals surface area contributed by atoms with Crippen LogP contribution in [0.25, 0.3) is 0 Å². The lowest BCUT2D eigenvalue weighted by Crippen LogP contribution is -2.46. The number of likely N-dealkylation sites (tertiary alicyclic amines) is 1. The number of nitrogens with two attached hydrogens (primary N) is 1. The maximum absolute atomic E-state index is 11.7. The second-order valence-corrected chi connectivity index (χ2v) is 4.86. The van der Waals surface area contributed by atoms with Gasteiger partial charge in [-0.05, 0) is 26.7 Å².